The summed E-state index contributed by atoms with van der Waals surface area (Å²) < 4.78 is 27.9. The van der Waals surface area contributed by atoms with Crippen molar-refractivity contribution in [3.05, 3.63) is 76.7 Å². The summed E-state index contributed by atoms with van der Waals surface area (Å²) in [6, 6.07) is 16.3. The average molecular weight is 440 g/mol. The third-order valence-corrected chi connectivity index (χ3v) is 7.93. The van der Waals surface area contributed by atoms with Gasteiger partial charge in [-0.2, -0.15) is 0 Å². The van der Waals surface area contributed by atoms with E-state index in [1.54, 1.807) is 28.6 Å². The zero-order valence-electron chi connectivity index (χ0n) is 16.5. The van der Waals surface area contributed by atoms with E-state index in [1.807, 2.05) is 30.3 Å². The lowest BCUT2D eigenvalue weighted by molar-refractivity contribution is 0.363. The van der Waals surface area contributed by atoms with Crippen molar-refractivity contribution in [1.82, 2.24) is 14.3 Å². The van der Waals surface area contributed by atoms with E-state index < -0.39 is 10.4 Å². The summed E-state index contributed by atoms with van der Waals surface area (Å²) >= 11 is 6.08. The topological polar surface area (TPSA) is 69.2 Å². The normalized spacial score (nSPS) is 19.0. The van der Waals surface area contributed by atoms with Gasteiger partial charge in [0.25, 0.3) is 0 Å². The summed E-state index contributed by atoms with van der Waals surface area (Å²) in [7, 11) is -3.53. The number of hydrogen-bond donors (Lipinski definition) is 0. The lowest BCUT2D eigenvalue weighted by Crippen LogP contribution is -2.38. The summed E-state index contributed by atoms with van der Waals surface area (Å²) in [5, 5.41) is 0.682. The van der Waals surface area contributed by atoms with Crippen molar-refractivity contribution >= 4 is 22.0 Å². The molecule has 1 aliphatic carbocycles. The Kier molecular flexibility index (Phi) is 5.19. The Labute approximate surface area is 182 Å². The van der Waals surface area contributed by atoms with Crippen molar-refractivity contribution in [3.8, 4) is 11.3 Å². The fourth-order valence-electron chi connectivity index (χ4n) is 3.95. The summed E-state index contributed by atoms with van der Waals surface area (Å²) in [6.07, 6.45) is 3.41. The molecule has 0 radical (unpaired) electrons. The Morgan fingerprint density at radius 2 is 1.67 bits per heavy atom. The van der Waals surface area contributed by atoms with Gasteiger partial charge in [-0.1, -0.05) is 46.1 Å². The molecular weight excluding hydrogens is 418 g/mol. The zero-order chi connectivity index (χ0) is 20.7. The van der Waals surface area contributed by atoms with Crippen molar-refractivity contribution in [3.63, 3.8) is 0 Å². The van der Waals surface area contributed by atoms with Gasteiger partial charge in [-0.15, -0.1) is 4.31 Å². The van der Waals surface area contributed by atoms with Crippen LogP contribution in [-0.2, 0) is 27.5 Å². The minimum atomic E-state index is -3.53. The zero-order valence-corrected chi connectivity index (χ0v) is 18.0. The average Bonchev–Trinajstić information content (AvgIpc) is 3.61. The minimum Gasteiger partial charge on any atom is -0.593 e. The van der Waals surface area contributed by atoms with E-state index in [0.29, 0.717) is 41.8 Å². The van der Waals surface area contributed by atoms with Crippen LogP contribution >= 0.6 is 11.6 Å². The molecule has 0 bridgehead atoms. The van der Waals surface area contributed by atoms with Gasteiger partial charge in [0.2, 0.25) is 0 Å². The number of rotatable bonds is 4. The molecule has 0 saturated heterocycles. The first-order valence-corrected chi connectivity index (χ1v) is 12.0. The fourth-order valence-corrected chi connectivity index (χ4v) is 5.54. The van der Waals surface area contributed by atoms with E-state index in [4.69, 9.17) is 21.6 Å². The molecule has 0 N–H and O–H groups in total. The molecule has 30 heavy (non-hydrogen) atoms. The van der Waals surface area contributed by atoms with E-state index >= 15 is 0 Å². The first-order valence-electron chi connectivity index (χ1n) is 10.2. The van der Waals surface area contributed by atoms with Crippen LogP contribution in [0, 0.1) is 0 Å². The summed E-state index contributed by atoms with van der Waals surface area (Å²) in [6.45, 7) is 0.836. The van der Waals surface area contributed by atoms with E-state index in [9.17, 15) is 8.76 Å². The molecule has 1 saturated carbocycles. The lowest BCUT2D eigenvalue weighted by atomic mass is 10.0. The van der Waals surface area contributed by atoms with Gasteiger partial charge in [-0.25, -0.2) is 9.97 Å². The molecular formula is C23H22ClN3O2S. The number of halogens is 1. The van der Waals surface area contributed by atoms with Crippen LogP contribution in [0.2, 0.25) is 5.02 Å². The second kappa shape index (κ2) is 7.85. The molecule has 2 heterocycles. The molecule has 0 amide bonds. The second-order valence-corrected chi connectivity index (χ2v) is 10.2. The highest BCUT2D eigenvalue weighted by atomic mass is 35.5. The van der Waals surface area contributed by atoms with Gasteiger partial charge < -0.3 is 4.55 Å². The van der Waals surface area contributed by atoms with Crippen LogP contribution in [0.3, 0.4) is 0 Å². The maximum atomic E-state index is 13.1. The Morgan fingerprint density at radius 3 is 2.37 bits per heavy atom. The van der Waals surface area contributed by atoms with Crippen molar-refractivity contribution in [1.29, 1.82) is 0 Å². The standard InChI is InChI=1S/C23H22ClN3O2S/c24-18-10-8-16(9-11-18)22-20-12-14-27(30(28,29)19-4-2-1-3-5-19)15-13-21(20)25-23(26-22)17-6-7-17/h1-5,8-11,17H,6-7,12-15H2. The number of hydrogen-bond acceptors (Lipinski definition) is 4. The maximum absolute atomic E-state index is 13.1. The van der Waals surface area contributed by atoms with Crippen LogP contribution in [0.25, 0.3) is 11.3 Å². The predicted molar refractivity (Wildman–Crippen MR) is 117 cm³/mol. The number of fused-ring (bicyclic) bond motifs is 1. The van der Waals surface area contributed by atoms with Gasteiger partial charge in [-0.3, -0.25) is 0 Å². The highest BCUT2D eigenvalue weighted by molar-refractivity contribution is 7.95. The van der Waals surface area contributed by atoms with E-state index in [0.717, 1.165) is 41.2 Å². The largest absolute Gasteiger partial charge is 0.593 e. The molecule has 154 valence electrons. The van der Waals surface area contributed by atoms with E-state index in [2.05, 4.69) is 0 Å². The number of benzene rings is 2. The van der Waals surface area contributed by atoms with Gasteiger partial charge in [-0.05, 0) is 43.5 Å². The molecule has 1 atom stereocenters. The molecule has 0 spiro atoms. The van der Waals surface area contributed by atoms with Crippen molar-refractivity contribution in [2.45, 2.75) is 36.5 Å². The molecule has 5 nitrogen and oxygen atoms in total. The number of sulfonamides is 1. The molecule has 1 fully saturated rings. The second-order valence-electron chi connectivity index (χ2n) is 7.85. The fraction of sp³-hybridized carbons (Fsp3) is 0.304. The molecule has 1 aliphatic heterocycles. The Morgan fingerprint density at radius 1 is 0.967 bits per heavy atom. The smallest absolute Gasteiger partial charge is 0.175 e. The molecule has 5 rings (SSSR count). The summed E-state index contributed by atoms with van der Waals surface area (Å²) in [5.74, 6) is 1.31. The highest BCUT2D eigenvalue weighted by Crippen LogP contribution is 2.40. The number of aromatic nitrogens is 2. The van der Waals surface area contributed by atoms with Crippen molar-refractivity contribution in [2.75, 3.05) is 13.1 Å². The quantitative estimate of drug-likeness (QED) is 0.553. The molecule has 3 aromatic rings. The first kappa shape index (κ1) is 19.8. The van der Waals surface area contributed by atoms with Crippen LogP contribution in [0.5, 0.6) is 0 Å². The third-order valence-electron chi connectivity index (χ3n) is 5.76. The first-order chi connectivity index (χ1) is 14.5. The van der Waals surface area contributed by atoms with Crippen molar-refractivity contribution < 1.29 is 8.76 Å². The minimum absolute atomic E-state index is 0.332. The van der Waals surface area contributed by atoms with Crippen LogP contribution in [-0.4, -0.2) is 31.9 Å². The van der Waals surface area contributed by atoms with Crippen molar-refractivity contribution in [2.24, 2.45) is 0 Å². The van der Waals surface area contributed by atoms with Gasteiger partial charge in [0.15, 0.2) is 15.3 Å². The summed E-state index contributed by atoms with van der Waals surface area (Å²) in [5.41, 5.74) is 3.94. The lowest BCUT2D eigenvalue weighted by Gasteiger charge is -2.25. The highest BCUT2D eigenvalue weighted by Gasteiger charge is 2.34. The Bertz CT molecular complexity index is 1120. The van der Waals surface area contributed by atoms with Crippen LogP contribution in [0.15, 0.2) is 59.5 Å². The van der Waals surface area contributed by atoms with Crippen LogP contribution < -0.4 is 0 Å². The molecule has 1 unspecified atom stereocenters. The predicted octanol–water partition coefficient (Wildman–Crippen LogP) is 4.68. The summed E-state index contributed by atoms with van der Waals surface area (Å²) in [4.78, 5) is 10.1. The SMILES string of the molecule is O=[S+]([O-])(c1ccccc1)N1CCc2nc(C3CC3)nc(-c3ccc(Cl)cc3)c2CC1. The van der Waals surface area contributed by atoms with E-state index in [-0.39, 0.29) is 0 Å². The number of nitrogens with zero attached hydrogens (tertiary/aromatic N) is 3. The van der Waals surface area contributed by atoms with Gasteiger partial charge in [0.1, 0.15) is 5.82 Å². The molecule has 2 aromatic carbocycles. The molecule has 2 aliphatic rings. The van der Waals surface area contributed by atoms with Gasteiger partial charge in [0.05, 0.1) is 5.69 Å². The van der Waals surface area contributed by atoms with E-state index in [1.165, 1.54) is 0 Å². The van der Waals surface area contributed by atoms with Gasteiger partial charge in [0, 0.05) is 47.3 Å². The monoisotopic (exact) mass is 439 g/mol. The molecule has 7 heteroatoms. The van der Waals surface area contributed by atoms with Crippen LogP contribution in [0.1, 0.15) is 35.8 Å². The Balaban J connectivity index is 1.52. The molecule has 1 aromatic heterocycles. The Hall–Kier alpha value is -2.12. The third kappa shape index (κ3) is 3.81. The maximum Gasteiger partial charge on any atom is 0.175 e. The van der Waals surface area contributed by atoms with Crippen LogP contribution in [0.4, 0.5) is 0 Å². The van der Waals surface area contributed by atoms with Gasteiger partial charge >= 0.3 is 0 Å².